The molecule has 4 heteroatoms. The SMILES string of the molecule is O=C(Cc1cccc(F)c1F)c1ccccc1F. The first-order chi connectivity index (χ1) is 8.59. The molecule has 18 heavy (non-hydrogen) atoms. The summed E-state index contributed by atoms with van der Waals surface area (Å²) in [5.74, 6) is -3.34. The van der Waals surface area contributed by atoms with Gasteiger partial charge in [0.15, 0.2) is 17.4 Å². The Morgan fingerprint density at radius 2 is 1.56 bits per heavy atom. The first-order valence-electron chi connectivity index (χ1n) is 5.30. The van der Waals surface area contributed by atoms with Gasteiger partial charge in [-0.05, 0) is 23.8 Å². The molecular formula is C14H9F3O. The average Bonchev–Trinajstić information content (AvgIpc) is 2.35. The van der Waals surface area contributed by atoms with Crippen LogP contribution < -0.4 is 0 Å². The zero-order valence-electron chi connectivity index (χ0n) is 9.29. The molecule has 0 aliphatic rings. The van der Waals surface area contributed by atoms with E-state index in [4.69, 9.17) is 0 Å². The molecule has 0 radical (unpaired) electrons. The summed E-state index contributed by atoms with van der Waals surface area (Å²) in [4.78, 5) is 11.8. The Balaban J connectivity index is 2.27. The lowest BCUT2D eigenvalue weighted by Crippen LogP contribution is -2.08. The fourth-order valence-corrected chi connectivity index (χ4v) is 1.64. The van der Waals surface area contributed by atoms with Gasteiger partial charge in [0.25, 0.3) is 0 Å². The Bertz CT molecular complexity index is 593. The van der Waals surface area contributed by atoms with Crippen LogP contribution >= 0.6 is 0 Å². The maximum Gasteiger partial charge on any atom is 0.170 e. The van der Waals surface area contributed by atoms with E-state index in [1.165, 1.54) is 30.3 Å². The topological polar surface area (TPSA) is 17.1 Å². The van der Waals surface area contributed by atoms with E-state index in [2.05, 4.69) is 0 Å². The van der Waals surface area contributed by atoms with E-state index in [-0.39, 0.29) is 17.5 Å². The number of hydrogen-bond donors (Lipinski definition) is 0. The van der Waals surface area contributed by atoms with Gasteiger partial charge >= 0.3 is 0 Å². The van der Waals surface area contributed by atoms with Crippen LogP contribution in [0.4, 0.5) is 13.2 Å². The second-order valence-electron chi connectivity index (χ2n) is 3.79. The molecular weight excluding hydrogens is 241 g/mol. The molecule has 0 unspecified atom stereocenters. The molecule has 0 atom stereocenters. The quantitative estimate of drug-likeness (QED) is 0.761. The Morgan fingerprint density at radius 1 is 0.889 bits per heavy atom. The molecule has 0 heterocycles. The van der Waals surface area contributed by atoms with Crippen molar-refractivity contribution in [1.29, 1.82) is 0 Å². The second kappa shape index (κ2) is 5.04. The molecule has 2 aromatic carbocycles. The van der Waals surface area contributed by atoms with E-state index in [0.717, 1.165) is 12.1 Å². The molecule has 2 aromatic rings. The van der Waals surface area contributed by atoms with Gasteiger partial charge in [0, 0.05) is 6.42 Å². The summed E-state index contributed by atoms with van der Waals surface area (Å²) < 4.78 is 39.6. The number of rotatable bonds is 3. The minimum Gasteiger partial charge on any atom is -0.294 e. The predicted octanol–water partition coefficient (Wildman–Crippen LogP) is 3.53. The largest absolute Gasteiger partial charge is 0.294 e. The van der Waals surface area contributed by atoms with Crippen molar-refractivity contribution >= 4 is 5.78 Å². The summed E-state index contributed by atoms with van der Waals surface area (Å²) in [6.07, 6.45) is -0.371. The summed E-state index contributed by atoms with van der Waals surface area (Å²) in [5, 5.41) is 0. The molecule has 0 saturated heterocycles. The smallest absolute Gasteiger partial charge is 0.170 e. The highest BCUT2D eigenvalue weighted by molar-refractivity contribution is 5.97. The normalized spacial score (nSPS) is 10.4. The van der Waals surface area contributed by atoms with Gasteiger partial charge in [-0.1, -0.05) is 24.3 Å². The van der Waals surface area contributed by atoms with Gasteiger partial charge in [0.2, 0.25) is 0 Å². The molecule has 0 bridgehead atoms. The summed E-state index contributed by atoms with van der Waals surface area (Å²) in [7, 11) is 0. The maximum absolute atomic E-state index is 13.4. The van der Waals surface area contributed by atoms with Crippen molar-refractivity contribution in [1.82, 2.24) is 0 Å². The minimum atomic E-state index is -1.07. The second-order valence-corrected chi connectivity index (χ2v) is 3.79. The Labute approximate surface area is 102 Å². The van der Waals surface area contributed by atoms with Crippen LogP contribution in [-0.4, -0.2) is 5.78 Å². The monoisotopic (exact) mass is 250 g/mol. The van der Waals surface area contributed by atoms with Crippen LogP contribution in [0.2, 0.25) is 0 Å². The highest BCUT2D eigenvalue weighted by Crippen LogP contribution is 2.15. The van der Waals surface area contributed by atoms with Crippen molar-refractivity contribution in [2.45, 2.75) is 6.42 Å². The fourth-order valence-electron chi connectivity index (χ4n) is 1.64. The van der Waals surface area contributed by atoms with Crippen molar-refractivity contribution in [3.63, 3.8) is 0 Å². The molecule has 0 aromatic heterocycles. The van der Waals surface area contributed by atoms with E-state index < -0.39 is 23.2 Å². The Kier molecular flexibility index (Phi) is 3.46. The van der Waals surface area contributed by atoms with Gasteiger partial charge in [-0.2, -0.15) is 0 Å². The van der Waals surface area contributed by atoms with Crippen LogP contribution in [0.25, 0.3) is 0 Å². The summed E-state index contributed by atoms with van der Waals surface area (Å²) in [5.41, 5.74) is -0.204. The van der Waals surface area contributed by atoms with Crippen LogP contribution in [0.5, 0.6) is 0 Å². The molecule has 0 saturated carbocycles. The first-order valence-corrected chi connectivity index (χ1v) is 5.30. The number of ketones is 1. The third kappa shape index (κ3) is 2.42. The van der Waals surface area contributed by atoms with Crippen LogP contribution in [-0.2, 0) is 6.42 Å². The molecule has 0 N–H and O–H groups in total. The van der Waals surface area contributed by atoms with Crippen LogP contribution in [0.15, 0.2) is 42.5 Å². The zero-order valence-corrected chi connectivity index (χ0v) is 9.29. The van der Waals surface area contributed by atoms with Gasteiger partial charge < -0.3 is 0 Å². The van der Waals surface area contributed by atoms with Crippen LogP contribution in [0, 0.1) is 17.5 Å². The van der Waals surface area contributed by atoms with E-state index in [0.29, 0.717) is 0 Å². The summed E-state index contributed by atoms with van der Waals surface area (Å²) in [6.45, 7) is 0. The molecule has 0 fully saturated rings. The highest BCUT2D eigenvalue weighted by atomic mass is 19.2. The Morgan fingerprint density at radius 3 is 2.28 bits per heavy atom. The minimum absolute atomic E-state index is 0.0803. The van der Waals surface area contributed by atoms with Gasteiger partial charge in [-0.15, -0.1) is 0 Å². The fraction of sp³-hybridized carbons (Fsp3) is 0.0714. The van der Waals surface area contributed by atoms with E-state index in [1.807, 2.05) is 0 Å². The van der Waals surface area contributed by atoms with Gasteiger partial charge in [0.1, 0.15) is 5.82 Å². The number of carbonyl (C=O) groups is 1. The highest BCUT2D eigenvalue weighted by Gasteiger charge is 2.15. The standard InChI is InChI=1S/C14H9F3O/c15-11-6-2-1-5-10(11)13(18)8-9-4-3-7-12(16)14(9)17/h1-7H,8H2. The van der Waals surface area contributed by atoms with Crippen molar-refractivity contribution < 1.29 is 18.0 Å². The lowest BCUT2D eigenvalue weighted by atomic mass is 10.0. The molecule has 0 aliphatic heterocycles. The number of benzene rings is 2. The van der Waals surface area contributed by atoms with Gasteiger partial charge in [0.05, 0.1) is 5.56 Å². The number of Topliss-reactive ketones (excluding diaryl/α,β-unsaturated/α-hetero) is 1. The number of halogens is 3. The first kappa shape index (κ1) is 12.4. The molecule has 2 rings (SSSR count). The third-order valence-electron chi connectivity index (χ3n) is 2.56. The number of carbonyl (C=O) groups excluding carboxylic acids is 1. The molecule has 1 nitrogen and oxygen atoms in total. The zero-order chi connectivity index (χ0) is 13.1. The molecule has 0 spiro atoms. The van der Waals surface area contributed by atoms with E-state index in [1.54, 1.807) is 0 Å². The average molecular weight is 250 g/mol. The van der Waals surface area contributed by atoms with Crippen LogP contribution in [0.1, 0.15) is 15.9 Å². The van der Waals surface area contributed by atoms with Crippen molar-refractivity contribution in [2.24, 2.45) is 0 Å². The lowest BCUT2D eigenvalue weighted by Gasteiger charge is -2.04. The maximum atomic E-state index is 13.4. The van der Waals surface area contributed by atoms with E-state index in [9.17, 15) is 18.0 Å². The van der Waals surface area contributed by atoms with Crippen molar-refractivity contribution in [3.05, 3.63) is 71.0 Å². The predicted molar refractivity (Wildman–Crippen MR) is 60.8 cm³/mol. The van der Waals surface area contributed by atoms with Crippen molar-refractivity contribution in [2.75, 3.05) is 0 Å². The number of hydrogen-bond acceptors (Lipinski definition) is 1. The Hall–Kier alpha value is -2.10. The van der Waals surface area contributed by atoms with E-state index >= 15 is 0 Å². The molecule has 92 valence electrons. The van der Waals surface area contributed by atoms with Gasteiger partial charge in [-0.3, -0.25) is 4.79 Å². The lowest BCUT2D eigenvalue weighted by molar-refractivity contribution is 0.0988. The van der Waals surface area contributed by atoms with Crippen molar-refractivity contribution in [3.8, 4) is 0 Å². The summed E-state index contributed by atoms with van der Waals surface area (Å²) in [6, 6.07) is 9.00. The molecule has 0 amide bonds. The molecule has 0 aliphatic carbocycles. The third-order valence-corrected chi connectivity index (χ3v) is 2.56. The summed E-state index contributed by atoms with van der Waals surface area (Å²) >= 11 is 0. The van der Waals surface area contributed by atoms with Gasteiger partial charge in [-0.25, -0.2) is 13.2 Å². The van der Waals surface area contributed by atoms with Crippen LogP contribution in [0.3, 0.4) is 0 Å².